The van der Waals surface area contributed by atoms with Crippen LogP contribution in [0.5, 0.6) is 0 Å². The molecule has 2 rings (SSSR count). The first-order chi connectivity index (χ1) is 9.66. The molecule has 1 aromatic heterocycles. The fourth-order valence-electron chi connectivity index (χ4n) is 2.99. The summed E-state index contributed by atoms with van der Waals surface area (Å²) in [4.78, 5) is 9.60. The molecule has 20 heavy (non-hydrogen) atoms. The van der Waals surface area contributed by atoms with Crippen molar-refractivity contribution in [3.63, 3.8) is 0 Å². The molecule has 0 unspecified atom stereocenters. The van der Waals surface area contributed by atoms with Crippen molar-refractivity contribution in [1.82, 2.24) is 9.97 Å². The molecular weight excluding hydrogens is 250 g/mol. The lowest BCUT2D eigenvalue weighted by molar-refractivity contribution is -0.0163. The summed E-state index contributed by atoms with van der Waals surface area (Å²) in [6.45, 7) is 7.37. The maximum Gasteiger partial charge on any atom is 0.162 e. The maximum atomic E-state index is 5.83. The van der Waals surface area contributed by atoms with Gasteiger partial charge in [0.1, 0.15) is 11.4 Å². The van der Waals surface area contributed by atoms with E-state index in [1.807, 2.05) is 0 Å². The fourth-order valence-corrected chi connectivity index (χ4v) is 2.99. The highest BCUT2D eigenvalue weighted by Gasteiger charge is 2.39. The van der Waals surface area contributed by atoms with Gasteiger partial charge in [-0.05, 0) is 45.4 Å². The SMILES string of the molecule is CCCNc1nc(C2(OC)CCCC2)nc(CC)c1C. The number of nitrogens with one attached hydrogen (secondary N) is 1. The lowest BCUT2D eigenvalue weighted by Crippen LogP contribution is -2.28. The lowest BCUT2D eigenvalue weighted by atomic mass is 10.00. The van der Waals surface area contributed by atoms with Gasteiger partial charge in [0.25, 0.3) is 0 Å². The van der Waals surface area contributed by atoms with Gasteiger partial charge < -0.3 is 10.1 Å². The number of hydrogen-bond donors (Lipinski definition) is 1. The zero-order valence-electron chi connectivity index (χ0n) is 13.3. The highest BCUT2D eigenvalue weighted by Crippen LogP contribution is 2.40. The first-order valence-electron chi connectivity index (χ1n) is 7.84. The summed E-state index contributed by atoms with van der Waals surface area (Å²) >= 11 is 0. The molecule has 0 spiro atoms. The Morgan fingerprint density at radius 3 is 2.45 bits per heavy atom. The fraction of sp³-hybridized carbons (Fsp3) is 0.750. The van der Waals surface area contributed by atoms with E-state index in [2.05, 4.69) is 26.1 Å². The van der Waals surface area contributed by atoms with Crippen LogP contribution < -0.4 is 5.32 Å². The third kappa shape index (κ3) is 2.80. The molecule has 1 heterocycles. The van der Waals surface area contributed by atoms with Gasteiger partial charge in [0, 0.05) is 24.9 Å². The third-order valence-corrected chi connectivity index (χ3v) is 4.33. The van der Waals surface area contributed by atoms with E-state index in [9.17, 15) is 0 Å². The van der Waals surface area contributed by atoms with E-state index in [1.165, 1.54) is 18.4 Å². The Balaban J connectivity index is 2.42. The normalized spacial score (nSPS) is 17.4. The molecule has 0 atom stereocenters. The molecule has 1 fully saturated rings. The molecule has 1 aromatic rings. The van der Waals surface area contributed by atoms with E-state index >= 15 is 0 Å². The van der Waals surface area contributed by atoms with Crippen molar-refractivity contribution >= 4 is 5.82 Å². The van der Waals surface area contributed by atoms with Crippen LogP contribution in [0.1, 0.15) is 63.0 Å². The summed E-state index contributed by atoms with van der Waals surface area (Å²) in [5, 5.41) is 3.44. The molecule has 1 aliphatic carbocycles. The number of ether oxygens (including phenoxy) is 1. The molecule has 1 saturated carbocycles. The van der Waals surface area contributed by atoms with Crippen molar-refractivity contribution in [2.45, 2.75) is 64.9 Å². The van der Waals surface area contributed by atoms with Gasteiger partial charge in [0.05, 0.1) is 0 Å². The predicted octanol–water partition coefficient (Wildman–Crippen LogP) is 3.59. The van der Waals surface area contributed by atoms with E-state index in [4.69, 9.17) is 14.7 Å². The van der Waals surface area contributed by atoms with Crippen LogP contribution >= 0.6 is 0 Å². The van der Waals surface area contributed by atoms with E-state index in [0.717, 1.165) is 49.6 Å². The van der Waals surface area contributed by atoms with Gasteiger partial charge in [-0.2, -0.15) is 0 Å². The molecule has 0 amide bonds. The Bertz CT molecular complexity index is 453. The second kappa shape index (κ2) is 6.53. The number of aromatic nitrogens is 2. The number of rotatable bonds is 6. The molecular formula is C16H27N3O. The average molecular weight is 277 g/mol. The van der Waals surface area contributed by atoms with Crippen LogP contribution in [0, 0.1) is 6.92 Å². The molecule has 0 bridgehead atoms. The van der Waals surface area contributed by atoms with Crippen LogP contribution in [0.4, 0.5) is 5.82 Å². The molecule has 0 aromatic carbocycles. The monoisotopic (exact) mass is 277 g/mol. The van der Waals surface area contributed by atoms with Crippen molar-refractivity contribution in [1.29, 1.82) is 0 Å². The summed E-state index contributed by atoms with van der Waals surface area (Å²) in [5.74, 6) is 1.86. The molecule has 0 aliphatic heterocycles. The number of methoxy groups -OCH3 is 1. The third-order valence-electron chi connectivity index (χ3n) is 4.33. The van der Waals surface area contributed by atoms with Gasteiger partial charge in [0.2, 0.25) is 0 Å². The second-order valence-corrected chi connectivity index (χ2v) is 5.65. The molecule has 1 N–H and O–H groups in total. The first kappa shape index (κ1) is 15.2. The summed E-state index contributed by atoms with van der Waals surface area (Å²) in [5.41, 5.74) is 2.05. The van der Waals surface area contributed by atoms with E-state index in [-0.39, 0.29) is 5.60 Å². The minimum atomic E-state index is -0.264. The van der Waals surface area contributed by atoms with Crippen LogP contribution in [-0.4, -0.2) is 23.6 Å². The van der Waals surface area contributed by atoms with Gasteiger partial charge in [-0.25, -0.2) is 9.97 Å². The molecule has 1 aliphatic rings. The standard InChI is InChI=1S/C16H27N3O/c1-5-11-17-14-12(3)13(6-2)18-15(19-14)16(20-4)9-7-8-10-16/h5-11H2,1-4H3,(H,17,18,19). The molecule has 4 nitrogen and oxygen atoms in total. The number of anilines is 1. The molecule has 112 valence electrons. The molecule has 4 heteroatoms. The smallest absolute Gasteiger partial charge is 0.162 e. The van der Waals surface area contributed by atoms with Gasteiger partial charge >= 0.3 is 0 Å². The minimum Gasteiger partial charge on any atom is -0.370 e. The Kier molecular flexibility index (Phi) is 4.97. The highest BCUT2D eigenvalue weighted by atomic mass is 16.5. The van der Waals surface area contributed by atoms with Gasteiger partial charge in [-0.1, -0.05) is 13.8 Å². The molecule has 0 saturated heterocycles. The first-order valence-corrected chi connectivity index (χ1v) is 7.84. The minimum absolute atomic E-state index is 0.264. The van der Waals surface area contributed by atoms with Crippen LogP contribution in [0.2, 0.25) is 0 Å². The van der Waals surface area contributed by atoms with Crippen molar-refractivity contribution < 1.29 is 4.74 Å². The summed E-state index contributed by atoms with van der Waals surface area (Å²) in [6, 6.07) is 0. The summed E-state index contributed by atoms with van der Waals surface area (Å²) in [7, 11) is 1.79. The van der Waals surface area contributed by atoms with Crippen molar-refractivity contribution in [2.24, 2.45) is 0 Å². The summed E-state index contributed by atoms with van der Waals surface area (Å²) < 4.78 is 5.83. The van der Waals surface area contributed by atoms with Gasteiger partial charge in [-0.3, -0.25) is 0 Å². The zero-order chi connectivity index (χ0) is 14.6. The van der Waals surface area contributed by atoms with E-state index in [0.29, 0.717) is 0 Å². The molecule has 0 radical (unpaired) electrons. The topological polar surface area (TPSA) is 47.0 Å². The van der Waals surface area contributed by atoms with Crippen molar-refractivity contribution in [2.75, 3.05) is 19.0 Å². The van der Waals surface area contributed by atoms with E-state index in [1.54, 1.807) is 7.11 Å². The van der Waals surface area contributed by atoms with Gasteiger partial charge in [0.15, 0.2) is 5.82 Å². The summed E-state index contributed by atoms with van der Waals surface area (Å²) in [6.07, 6.45) is 6.48. The predicted molar refractivity (Wildman–Crippen MR) is 82.1 cm³/mol. The Labute approximate surface area is 122 Å². The zero-order valence-corrected chi connectivity index (χ0v) is 13.3. The van der Waals surface area contributed by atoms with Crippen molar-refractivity contribution in [3.8, 4) is 0 Å². The van der Waals surface area contributed by atoms with Crippen LogP contribution in [-0.2, 0) is 16.8 Å². The number of aryl methyl sites for hydroxylation is 1. The van der Waals surface area contributed by atoms with Crippen molar-refractivity contribution in [3.05, 3.63) is 17.1 Å². The lowest BCUT2D eigenvalue weighted by Gasteiger charge is -2.27. The van der Waals surface area contributed by atoms with E-state index < -0.39 is 0 Å². The van der Waals surface area contributed by atoms with Crippen LogP contribution in [0.15, 0.2) is 0 Å². The second-order valence-electron chi connectivity index (χ2n) is 5.65. The van der Waals surface area contributed by atoms with Gasteiger partial charge in [-0.15, -0.1) is 0 Å². The number of nitrogens with zero attached hydrogens (tertiary/aromatic N) is 2. The van der Waals surface area contributed by atoms with Crippen LogP contribution in [0.3, 0.4) is 0 Å². The van der Waals surface area contributed by atoms with Crippen LogP contribution in [0.25, 0.3) is 0 Å². The highest BCUT2D eigenvalue weighted by molar-refractivity contribution is 5.46. The number of hydrogen-bond acceptors (Lipinski definition) is 4. The quantitative estimate of drug-likeness (QED) is 0.863. The Morgan fingerprint density at radius 1 is 1.20 bits per heavy atom. The Morgan fingerprint density at radius 2 is 1.90 bits per heavy atom. The largest absolute Gasteiger partial charge is 0.370 e. The maximum absolute atomic E-state index is 5.83. The Hall–Kier alpha value is -1.16. The average Bonchev–Trinajstić information content (AvgIpc) is 2.96.